The first-order valence-electron chi connectivity index (χ1n) is 5.91. The minimum atomic E-state index is -0.129. The van der Waals surface area contributed by atoms with Crippen molar-refractivity contribution in [3.05, 3.63) is 27.3 Å². The Hall–Kier alpha value is -0.430. The topological polar surface area (TPSA) is 49.3 Å². The van der Waals surface area contributed by atoms with Crippen molar-refractivity contribution in [1.82, 2.24) is 5.32 Å². The van der Waals surface area contributed by atoms with Gasteiger partial charge >= 0.3 is 0 Å². The molecule has 0 aromatic heterocycles. The Labute approximate surface area is 126 Å². The van der Waals surface area contributed by atoms with Crippen LogP contribution in [0.25, 0.3) is 0 Å². The van der Waals surface area contributed by atoms with Crippen molar-refractivity contribution in [3.8, 4) is 5.75 Å². The largest absolute Gasteiger partial charge is 0.507 e. The van der Waals surface area contributed by atoms with Crippen molar-refractivity contribution < 1.29 is 9.90 Å². The second-order valence-corrected chi connectivity index (χ2v) is 6.58. The van der Waals surface area contributed by atoms with Crippen LogP contribution in [0.4, 0.5) is 0 Å². The number of aromatic hydroxyl groups is 1. The molecule has 0 saturated carbocycles. The molecule has 5 heteroatoms. The highest BCUT2D eigenvalue weighted by atomic mass is 127. The Morgan fingerprint density at radius 2 is 2.28 bits per heavy atom. The molecule has 0 bridgehead atoms. The SMILES string of the molecule is CCSCCC(C)NC(=O)c1ccc(I)c(O)c1. The number of nitrogens with one attached hydrogen (secondary N) is 1. The Morgan fingerprint density at radius 1 is 1.56 bits per heavy atom. The van der Waals surface area contributed by atoms with Crippen molar-refractivity contribution in [3.63, 3.8) is 0 Å². The second kappa shape index (κ2) is 7.89. The van der Waals surface area contributed by atoms with Gasteiger partial charge in [0.15, 0.2) is 0 Å². The van der Waals surface area contributed by atoms with Gasteiger partial charge in [-0.25, -0.2) is 0 Å². The predicted octanol–water partition coefficient (Wildman–Crippen LogP) is 3.26. The first-order chi connectivity index (χ1) is 8.54. The summed E-state index contributed by atoms with van der Waals surface area (Å²) in [6, 6.07) is 5.12. The molecule has 0 spiro atoms. The highest BCUT2D eigenvalue weighted by Crippen LogP contribution is 2.20. The van der Waals surface area contributed by atoms with Gasteiger partial charge in [-0.15, -0.1) is 0 Å². The van der Waals surface area contributed by atoms with Crippen LogP contribution >= 0.6 is 34.4 Å². The Bertz CT molecular complexity index is 412. The molecule has 0 heterocycles. The maximum atomic E-state index is 11.9. The summed E-state index contributed by atoms with van der Waals surface area (Å²) in [5, 5.41) is 12.5. The zero-order chi connectivity index (χ0) is 13.5. The molecule has 1 amide bonds. The Balaban J connectivity index is 2.51. The molecule has 0 fully saturated rings. The van der Waals surface area contributed by atoms with Crippen LogP contribution in [0.15, 0.2) is 18.2 Å². The normalized spacial score (nSPS) is 12.2. The fourth-order valence-corrected chi connectivity index (χ4v) is 2.58. The number of hydrogen-bond acceptors (Lipinski definition) is 3. The average molecular weight is 379 g/mol. The van der Waals surface area contributed by atoms with Gasteiger partial charge in [-0.1, -0.05) is 6.92 Å². The molecule has 100 valence electrons. The maximum Gasteiger partial charge on any atom is 0.251 e. The Kier molecular flexibility index (Phi) is 6.85. The van der Waals surface area contributed by atoms with E-state index in [-0.39, 0.29) is 17.7 Å². The third-order valence-electron chi connectivity index (χ3n) is 2.49. The molecule has 0 saturated heterocycles. The van der Waals surface area contributed by atoms with E-state index in [0.717, 1.165) is 21.5 Å². The van der Waals surface area contributed by atoms with Crippen molar-refractivity contribution in [2.24, 2.45) is 0 Å². The van der Waals surface area contributed by atoms with Gasteiger partial charge in [0.05, 0.1) is 3.57 Å². The summed E-state index contributed by atoms with van der Waals surface area (Å²) < 4.78 is 0.747. The molecule has 0 aliphatic rings. The number of rotatable bonds is 6. The molecule has 18 heavy (non-hydrogen) atoms. The van der Waals surface area contributed by atoms with Gasteiger partial charge in [0, 0.05) is 11.6 Å². The van der Waals surface area contributed by atoms with E-state index in [1.54, 1.807) is 12.1 Å². The second-order valence-electron chi connectivity index (χ2n) is 4.03. The van der Waals surface area contributed by atoms with E-state index in [0.29, 0.717) is 5.56 Å². The van der Waals surface area contributed by atoms with Crippen molar-refractivity contribution in [2.75, 3.05) is 11.5 Å². The zero-order valence-corrected chi connectivity index (χ0v) is 13.5. The van der Waals surface area contributed by atoms with Gasteiger partial charge in [-0.3, -0.25) is 4.79 Å². The van der Waals surface area contributed by atoms with E-state index in [1.807, 2.05) is 41.3 Å². The van der Waals surface area contributed by atoms with Crippen LogP contribution in [0, 0.1) is 3.57 Å². The molecule has 1 atom stereocenters. The van der Waals surface area contributed by atoms with Gasteiger partial charge in [0.25, 0.3) is 5.91 Å². The molecular weight excluding hydrogens is 361 g/mol. The van der Waals surface area contributed by atoms with Crippen molar-refractivity contribution >= 4 is 40.3 Å². The summed E-state index contributed by atoms with van der Waals surface area (Å²) in [6.45, 7) is 4.13. The third-order valence-corrected chi connectivity index (χ3v) is 4.33. The molecule has 1 unspecified atom stereocenters. The highest BCUT2D eigenvalue weighted by Gasteiger charge is 2.11. The minimum Gasteiger partial charge on any atom is -0.507 e. The number of hydrogen-bond donors (Lipinski definition) is 2. The lowest BCUT2D eigenvalue weighted by Gasteiger charge is -2.13. The standard InChI is InChI=1S/C13H18INO2S/c1-3-18-7-6-9(2)15-13(17)10-4-5-11(14)12(16)8-10/h4-5,8-9,16H,3,6-7H2,1-2H3,(H,15,17). The first-order valence-corrected chi connectivity index (χ1v) is 8.15. The van der Waals surface area contributed by atoms with Crippen LogP contribution in [0.2, 0.25) is 0 Å². The summed E-state index contributed by atoms with van der Waals surface area (Å²) in [5.41, 5.74) is 0.503. The molecule has 2 N–H and O–H groups in total. The predicted molar refractivity (Wildman–Crippen MR) is 85.4 cm³/mol. The molecule has 1 aromatic rings. The lowest BCUT2D eigenvalue weighted by Crippen LogP contribution is -2.32. The van der Waals surface area contributed by atoms with E-state index in [4.69, 9.17) is 0 Å². The molecule has 1 aromatic carbocycles. The lowest BCUT2D eigenvalue weighted by atomic mass is 10.2. The van der Waals surface area contributed by atoms with E-state index >= 15 is 0 Å². The van der Waals surface area contributed by atoms with E-state index in [1.165, 1.54) is 6.07 Å². The average Bonchev–Trinajstić information content (AvgIpc) is 2.33. The fraction of sp³-hybridized carbons (Fsp3) is 0.462. The number of carbonyl (C=O) groups excluding carboxylic acids is 1. The smallest absolute Gasteiger partial charge is 0.251 e. The molecule has 0 aliphatic carbocycles. The van der Waals surface area contributed by atoms with E-state index in [2.05, 4.69) is 12.2 Å². The highest BCUT2D eigenvalue weighted by molar-refractivity contribution is 14.1. The quantitative estimate of drug-likeness (QED) is 0.589. The van der Waals surface area contributed by atoms with Crippen LogP contribution in [0.3, 0.4) is 0 Å². The molecule has 0 radical (unpaired) electrons. The van der Waals surface area contributed by atoms with Crippen LogP contribution < -0.4 is 5.32 Å². The zero-order valence-electron chi connectivity index (χ0n) is 10.6. The summed E-state index contributed by atoms with van der Waals surface area (Å²) >= 11 is 3.90. The first kappa shape index (κ1) is 15.6. The number of benzene rings is 1. The van der Waals surface area contributed by atoms with Gasteiger partial charge in [-0.05, 0) is 65.6 Å². The van der Waals surface area contributed by atoms with Crippen molar-refractivity contribution in [2.45, 2.75) is 26.3 Å². The fourth-order valence-electron chi connectivity index (χ4n) is 1.44. The number of carbonyl (C=O) groups is 1. The van der Waals surface area contributed by atoms with E-state index in [9.17, 15) is 9.90 Å². The number of amides is 1. The minimum absolute atomic E-state index is 0.129. The number of thioether (sulfide) groups is 1. The summed E-state index contributed by atoms with van der Waals surface area (Å²) in [7, 11) is 0. The van der Waals surface area contributed by atoms with Gasteiger partial charge in [0.1, 0.15) is 5.75 Å². The summed E-state index contributed by atoms with van der Waals surface area (Å²) in [6.07, 6.45) is 0.959. The van der Waals surface area contributed by atoms with Crippen LogP contribution in [0.5, 0.6) is 5.75 Å². The van der Waals surface area contributed by atoms with Crippen molar-refractivity contribution in [1.29, 1.82) is 0 Å². The molecule has 1 rings (SSSR count). The molecule has 3 nitrogen and oxygen atoms in total. The molecular formula is C13H18INO2S. The number of phenolic OH excluding ortho intramolecular Hbond substituents is 1. The lowest BCUT2D eigenvalue weighted by molar-refractivity contribution is 0.0939. The van der Waals surface area contributed by atoms with Gasteiger partial charge in [-0.2, -0.15) is 11.8 Å². The van der Waals surface area contributed by atoms with E-state index < -0.39 is 0 Å². The summed E-state index contributed by atoms with van der Waals surface area (Å²) in [4.78, 5) is 11.9. The van der Waals surface area contributed by atoms with Crippen LogP contribution in [0.1, 0.15) is 30.6 Å². The van der Waals surface area contributed by atoms with Crippen LogP contribution in [-0.4, -0.2) is 28.6 Å². The number of phenols is 1. The van der Waals surface area contributed by atoms with Gasteiger partial charge < -0.3 is 10.4 Å². The van der Waals surface area contributed by atoms with Gasteiger partial charge in [0.2, 0.25) is 0 Å². The third kappa shape index (κ3) is 5.06. The molecule has 0 aliphatic heterocycles. The number of halogens is 1. The Morgan fingerprint density at radius 3 is 2.89 bits per heavy atom. The van der Waals surface area contributed by atoms with Crippen LogP contribution in [-0.2, 0) is 0 Å². The summed E-state index contributed by atoms with van der Waals surface area (Å²) in [5.74, 6) is 2.18. The maximum absolute atomic E-state index is 11.9. The monoisotopic (exact) mass is 379 g/mol.